The number of nitrogens with zero attached hydrogens (tertiary/aromatic N) is 6. The molecule has 43 heavy (non-hydrogen) atoms. The summed E-state index contributed by atoms with van der Waals surface area (Å²) in [6.45, 7) is 2.59. The fraction of sp³-hybridized carbons (Fsp3) is 0.312. The number of carbonyl (C=O) groups excluding carboxylic acids is 1. The summed E-state index contributed by atoms with van der Waals surface area (Å²) < 4.78 is 17.1. The normalized spacial score (nSPS) is 17.4. The topological polar surface area (TPSA) is 108 Å². The highest BCUT2D eigenvalue weighted by Gasteiger charge is 2.27. The van der Waals surface area contributed by atoms with Crippen LogP contribution in [-0.4, -0.2) is 56.2 Å². The monoisotopic (exact) mass is 577 g/mol. The van der Waals surface area contributed by atoms with E-state index < -0.39 is 0 Å². The molecule has 0 saturated carbocycles. The van der Waals surface area contributed by atoms with Crippen molar-refractivity contribution in [3.63, 3.8) is 0 Å². The average molecular weight is 578 g/mol. The van der Waals surface area contributed by atoms with Gasteiger partial charge < -0.3 is 24.3 Å². The molecule has 3 aromatic heterocycles. The fourth-order valence-corrected chi connectivity index (χ4v) is 6.40. The van der Waals surface area contributed by atoms with Gasteiger partial charge >= 0.3 is 0 Å². The number of rotatable bonds is 3. The molecule has 1 fully saturated rings. The van der Waals surface area contributed by atoms with Gasteiger partial charge in [-0.1, -0.05) is 12.2 Å². The fourth-order valence-electron chi connectivity index (χ4n) is 6.40. The van der Waals surface area contributed by atoms with Gasteiger partial charge in [0.25, 0.3) is 11.5 Å². The Morgan fingerprint density at radius 3 is 2.81 bits per heavy atom. The van der Waals surface area contributed by atoms with Crippen molar-refractivity contribution in [2.24, 2.45) is 0 Å². The van der Waals surface area contributed by atoms with Gasteiger partial charge in [0, 0.05) is 54.8 Å². The minimum Gasteiger partial charge on any atom is -0.482 e. The van der Waals surface area contributed by atoms with E-state index in [1.807, 2.05) is 35.0 Å². The second-order valence-electron chi connectivity index (χ2n) is 11.2. The minimum atomic E-state index is -0.180. The summed E-state index contributed by atoms with van der Waals surface area (Å²) in [7, 11) is 0. The molecule has 5 aromatic rings. The van der Waals surface area contributed by atoms with E-state index in [4.69, 9.17) is 14.5 Å². The number of allylic oxidation sites excluding steroid dienone is 2. The van der Waals surface area contributed by atoms with Gasteiger partial charge in [0.05, 0.1) is 17.9 Å². The van der Waals surface area contributed by atoms with Gasteiger partial charge in [-0.15, -0.1) is 0 Å². The lowest BCUT2D eigenvalue weighted by molar-refractivity contribution is -0.121. The van der Waals surface area contributed by atoms with Crippen molar-refractivity contribution in [1.29, 1.82) is 0 Å². The number of aromatic nitrogens is 5. The molecule has 0 atom stereocenters. The Labute approximate surface area is 246 Å². The van der Waals surface area contributed by atoms with Gasteiger partial charge in [-0.25, -0.2) is 14.3 Å². The molecule has 0 aliphatic carbocycles. The van der Waals surface area contributed by atoms with E-state index in [0.29, 0.717) is 53.2 Å². The van der Waals surface area contributed by atoms with Crippen molar-refractivity contribution in [1.82, 2.24) is 23.9 Å². The second-order valence-corrected chi connectivity index (χ2v) is 11.2. The molecule has 2 bridgehead atoms. The van der Waals surface area contributed by atoms with Crippen LogP contribution < -0.4 is 20.5 Å². The van der Waals surface area contributed by atoms with Gasteiger partial charge in [0.1, 0.15) is 11.1 Å². The highest BCUT2D eigenvalue weighted by molar-refractivity contribution is 5.98. The van der Waals surface area contributed by atoms with E-state index >= 15 is 0 Å². The van der Waals surface area contributed by atoms with Crippen molar-refractivity contribution < 1.29 is 14.3 Å². The molecular formula is C32H31N7O4. The lowest BCUT2D eigenvalue weighted by atomic mass is 10.1. The third-order valence-corrected chi connectivity index (χ3v) is 8.56. The molecule has 0 radical (unpaired) electrons. The second kappa shape index (κ2) is 10.4. The summed E-state index contributed by atoms with van der Waals surface area (Å²) in [6, 6.07) is 14.5. The minimum absolute atomic E-state index is 0.0215. The van der Waals surface area contributed by atoms with Gasteiger partial charge in [-0.2, -0.15) is 4.98 Å². The third kappa shape index (κ3) is 4.47. The molecule has 0 unspecified atom stereocenters. The molecule has 8 rings (SSSR count). The van der Waals surface area contributed by atoms with Crippen LogP contribution in [-0.2, 0) is 16.1 Å². The number of benzene rings is 2. The van der Waals surface area contributed by atoms with E-state index in [0.717, 1.165) is 50.0 Å². The number of hydrogen-bond acceptors (Lipinski definition) is 7. The maximum atomic E-state index is 13.6. The largest absolute Gasteiger partial charge is 0.482 e. The number of hydrogen-bond donors (Lipinski definition) is 1. The first-order chi connectivity index (χ1) is 21.1. The Morgan fingerprint density at radius 2 is 1.91 bits per heavy atom. The molecule has 218 valence electrons. The molecule has 3 aliphatic heterocycles. The predicted molar refractivity (Wildman–Crippen MR) is 164 cm³/mol. The van der Waals surface area contributed by atoms with E-state index in [-0.39, 0.29) is 18.1 Å². The number of nitrogens with one attached hydrogen (secondary N) is 1. The van der Waals surface area contributed by atoms with Crippen LogP contribution in [0, 0.1) is 0 Å². The predicted octanol–water partition coefficient (Wildman–Crippen LogP) is 4.71. The first kappa shape index (κ1) is 25.8. The molecule has 2 aromatic carbocycles. The quantitative estimate of drug-likeness (QED) is 0.310. The average Bonchev–Trinajstić information content (AvgIpc) is 3.57. The van der Waals surface area contributed by atoms with Gasteiger partial charge in [0.15, 0.2) is 12.3 Å². The molecule has 1 saturated heterocycles. The smallest absolute Gasteiger partial charge is 0.278 e. The summed E-state index contributed by atoms with van der Waals surface area (Å²) in [6.07, 6.45) is 11.4. The zero-order chi connectivity index (χ0) is 28.9. The van der Waals surface area contributed by atoms with Crippen LogP contribution in [0.15, 0.2) is 71.8 Å². The van der Waals surface area contributed by atoms with Crippen LogP contribution in [0.1, 0.15) is 31.7 Å². The SMILES string of the molecule is O=C1COc2ccc3cc2N1CCCC=CCn1c(=O)c2cnc(Nc4ccc5c(ccn5C5CCOCC5)c4)nc2n1-3. The van der Waals surface area contributed by atoms with Crippen molar-refractivity contribution in [2.75, 3.05) is 36.6 Å². The molecule has 0 spiro atoms. The lowest BCUT2D eigenvalue weighted by Crippen LogP contribution is -2.39. The van der Waals surface area contributed by atoms with Crippen LogP contribution in [0.3, 0.4) is 0 Å². The van der Waals surface area contributed by atoms with Gasteiger partial charge in [0.2, 0.25) is 5.95 Å². The Bertz CT molecular complexity index is 1960. The van der Waals surface area contributed by atoms with Gasteiger partial charge in [-0.3, -0.25) is 9.59 Å². The standard InChI is InChI=1S/C32H31N7O4/c40-29-20-43-28-8-6-24-18-27(28)37(29)12-3-1-2-4-13-38-31(41)25-19-33-32(35-30(25)39(24)38)34-22-5-7-26-21(17-22)9-14-36(26)23-10-15-42-16-11-23/h2,4-9,14,17-19,23H,1,3,10-13,15-16,20H2,(H,33,34,35). The van der Waals surface area contributed by atoms with Crippen LogP contribution in [0.2, 0.25) is 0 Å². The van der Waals surface area contributed by atoms with Crippen molar-refractivity contribution in [2.45, 2.75) is 38.3 Å². The van der Waals surface area contributed by atoms with Crippen molar-refractivity contribution in [3.8, 4) is 11.4 Å². The van der Waals surface area contributed by atoms with Crippen molar-refractivity contribution >= 4 is 45.2 Å². The number of ether oxygens (including phenoxy) is 2. The summed E-state index contributed by atoms with van der Waals surface area (Å²) >= 11 is 0. The van der Waals surface area contributed by atoms with Gasteiger partial charge in [-0.05, 0) is 68.1 Å². The highest BCUT2D eigenvalue weighted by Crippen LogP contribution is 2.35. The zero-order valence-electron chi connectivity index (χ0n) is 23.6. The van der Waals surface area contributed by atoms with Crippen LogP contribution in [0.25, 0.3) is 27.6 Å². The van der Waals surface area contributed by atoms with Crippen LogP contribution in [0.5, 0.6) is 5.75 Å². The lowest BCUT2D eigenvalue weighted by Gasteiger charge is -2.30. The van der Waals surface area contributed by atoms with Crippen molar-refractivity contribution in [3.05, 3.63) is 77.4 Å². The molecule has 11 nitrogen and oxygen atoms in total. The van der Waals surface area contributed by atoms with E-state index in [1.54, 1.807) is 15.8 Å². The Hall–Kier alpha value is -4.90. The molecule has 6 heterocycles. The van der Waals surface area contributed by atoms with E-state index in [9.17, 15) is 9.59 Å². The molecule has 1 N–H and O–H groups in total. The summed E-state index contributed by atoms with van der Waals surface area (Å²) in [4.78, 5) is 37.5. The molecule has 11 heteroatoms. The Morgan fingerprint density at radius 1 is 1.00 bits per heavy atom. The molecule has 1 amide bonds. The zero-order valence-corrected chi connectivity index (χ0v) is 23.6. The first-order valence-electron chi connectivity index (χ1n) is 14.8. The number of anilines is 3. The van der Waals surface area contributed by atoms with E-state index in [1.165, 1.54) is 5.52 Å². The number of amides is 1. The van der Waals surface area contributed by atoms with Crippen LogP contribution in [0.4, 0.5) is 17.3 Å². The highest BCUT2D eigenvalue weighted by atomic mass is 16.5. The maximum Gasteiger partial charge on any atom is 0.278 e. The van der Waals surface area contributed by atoms with Crippen LogP contribution >= 0.6 is 0 Å². The summed E-state index contributed by atoms with van der Waals surface area (Å²) in [5.41, 5.74) is 3.76. The Balaban J connectivity index is 1.19. The molecular weight excluding hydrogens is 546 g/mol. The number of fused-ring (bicyclic) bond motifs is 6. The van der Waals surface area contributed by atoms with E-state index in [2.05, 4.69) is 45.3 Å². The summed E-state index contributed by atoms with van der Waals surface area (Å²) in [5.74, 6) is 0.963. The maximum absolute atomic E-state index is 13.6. The molecule has 3 aliphatic rings. The third-order valence-electron chi connectivity index (χ3n) is 8.56. The Kier molecular flexibility index (Phi) is 6.25. The first-order valence-corrected chi connectivity index (χ1v) is 14.8. The number of carbonyl (C=O) groups is 1. The summed E-state index contributed by atoms with van der Waals surface area (Å²) in [5, 5.41) is 4.89.